The Morgan fingerprint density at radius 1 is 1.42 bits per heavy atom. The van der Waals surface area contributed by atoms with E-state index >= 15 is 0 Å². The lowest BCUT2D eigenvalue weighted by Gasteiger charge is -2.36. The van der Waals surface area contributed by atoms with Gasteiger partial charge < -0.3 is 14.2 Å². The van der Waals surface area contributed by atoms with E-state index in [1.54, 1.807) is 23.3 Å². The monoisotopic (exact) mass is 327 g/mol. The SMILES string of the molecule is Cn1cnc(C(=O)N2C[C@@H]3OCCN(Cc4cccnc4)[C@H]3C2)c1. The Bertz CT molecular complexity index is 717. The molecule has 1 amide bonds. The highest BCUT2D eigenvalue weighted by atomic mass is 16.5. The molecule has 2 saturated heterocycles. The van der Waals surface area contributed by atoms with Crippen molar-refractivity contribution in [1.82, 2.24) is 24.3 Å². The largest absolute Gasteiger partial charge is 0.373 e. The van der Waals surface area contributed by atoms with Crippen LogP contribution in [-0.4, -0.2) is 68.6 Å². The average molecular weight is 327 g/mol. The van der Waals surface area contributed by atoms with Crippen molar-refractivity contribution in [3.63, 3.8) is 0 Å². The maximum Gasteiger partial charge on any atom is 0.274 e. The Labute approximate surface area is 140 Å². The molecule has 2 atom stereocenters. The van der Waals surface area contributed by atoms with Crippen LogP contribution in [0.5, 0.6) is 0 Å². The zero-order valence-corrected chi connectivity index (χ0v) is 13.7. The molecule has 2 aromatic heterocycles. The molecule has 2 aliphatic rings. The van der Waals surface area contributed by atoms with E-state index in [1.165, 1.54) is 5.56 Å². The minimum atomic E-state index is -0.0186. The molecule has 0 radical (unpaired) electrons. The smallest absolute Gasteiger partial charge is 0.274 e. The van der Waals surface area contributed by atoms with Gasteiger partial charge in [-0.15, -0.1) is 0 Å². The Balaban J connectivity index is 1.47. The number of nitrogens with zero attached hydrogens (tertiary/aromatic N) is 5. The predicted molar refractivity (Wildman–Crippen MR) is 87.3 cm³/mol. The number of carbonyl (C=O) groups is 1. The van der Waals surface area contributed by atoms with Crippen LogP contribution in [0.3, 0.4) is 0 Å². The molecule has 0 N–H and O–H groups in total. The molecule has 0 aliphatic carbocycles. The second kappa shape index (κ2) is 6.33. The van der Waals surface area contributed by atoms with E-state index in [0.29, 0.717) is 25.4 Å². The number of pyridine rings is 1. The van der Waals surface area contributed by atoms with Crippen molar-refractivity contribution in [1.29, 1.82) is 0 Å². The molecule has 2 aliphatic heterocycles. The van der Waals surface area contributed by atoms with Crippen molar-refractivity contribution < 1.29 is 9.53 Å². The van der Waals surface area contributed by atoms with Crippen LogP contribution in [-0.2, 0) is 18.3 Å². The Hall–Kier alpha value is -2.25. The van der Waals surface area contributed by atoms with E-state index in [4.69, 9.17) is 4.74 Å². The van der Waals surface area contributed by atoms with Gasteiger partial charge in [0.1, 0.15) is 5.69 Å². The highest BCUT2D eigenvalue weighted by Gasteiger charge is 2.42. The van der Waals surface area contributed by atoms with Crippen LogP contribution in [0.15, 0.2) is 37.1 Å². The molecule has 4 rings (SSSR count). The quantitative estimate of drug-likeness (QED) is 0.823. The third-order valence-corrected chi connectivity index (χ3v) is 4.74. The Kier molecular flexibility index (Phi) is 4.03. The highest BCUT2D eigenvalue weighted by Crippen LogP contribution is 2.25. The van der Waals surface area contributed by atoms with Gasteiger partial charge >= 0.3 is 0 Å². The number of fused-ring (bicyclic) bond motifs is 1. The number of morpholine rings is 1. The molecule has 0 unspecified atom stereocenters. The molecule has 0 saturated carbocycles. The summed E-state index contributed by atoms with van der Waals surface area (Å²) in [6, 6.07) is 4.27. The number of likely N-dealkylation sites (tertiary alicyclic amines) is 1. The summed E-state index contributed by atoms with van der Waals surface area (Å²) in [5.41, 5.74) is 1.68. The summed E-state index contributed by atoms with van der Waals surface area (Å²) < 4.78 is 7.71. The van der Waals surface area contributed by atoms with Gasteiger partial charge in [-0.2, -0.15) is 0 Å². The van der Waals surface area contributed by atoms with Gasteiger partial charge in [-0.3, -0.25) is 14.7 Å². The summed E-state index contributed by atoms with van der Waals surface area (Å²) in [6.45, 7) is 3.72. The second-order valence-electron chi connectivity index (χ2n) is 6.44. The molecule has 2 fully saturated rings. The molecule has 2 aromatic rings. The minimum Gasteiger partial charge on any atom is -0.373 e. The third kappa shape index (κ3) is 2.92. The van der Waals surface area contributed by atoms with Crippen LogP contribution >= 0.6 is 0 Å². The molecule has 0 spiro atoms. The fourth-order valence-electron chi connectivity index (χ4n) is 3.53. The first-order valence-corrected chi connectivity index (χ1v) is 8.22. The van der Waals surface area contributed by atoms with Gasteiger partial charge in [0.05, 0.1) is 25.1 Å². The minimum absolute atomic E-state index is 0.0186. The summed E-state index contributed by atoms with van der Waals surface area (Å²) in [7, 11) is 1.87. The lowest BCUT2D eigenvalue weighted by atomic mass is 10.1. The molecule has 4 heterocycles. The molecule has 7 nitrogen and oxygen atoms in total. The summed E-state index contributed by atoms with van der Waals surface area (Å²) in [5.74, 6) is -0.0186. The fraction of sp³-hybridized carbons (Fsp3) is 0.471. The number of amides is 1. The Morgan fingerprint density at radius 3 is 3.08 bits per heavy atom. The maximum absolute atomic E-state index is 12.6. The van der Waals surface area contributed by atoms with Crippen LogP contribution in [0, 0.1) is 0 Å². The molecule has 0 aromatic carbocycles. The van der Waals surface area contributed by atoms with Crippen LogP contribution in [0.2, 0.25) is 0 Å². The number of aromatic nitrogens is 3. The van der Waals surface area contributed by atoms with Crippen molar-refractivity contribution in [2.45, 2.75) is 18.7 Å². The maximum atomic E-state index is 12.6. The van der Waals surface area contributed by atoms with Crippen molar-refractivity contribution >= 4 is 5.91 Å². The van der Waals surface area contributed by atoms with Gasteiger partial charge in [0.15, 0.2) is 0 Å². The number of carbonyl (C=O) groups excluding carboxylic acids is 1. The molecule has 0 bridgehead atoms. The summed E-state index contributed by atoms with van der Waals surface area (Å²) in [5, 5.41) is 0. The number of imidazole rings is 1. The van der Waals surface area contributed by atoms with Gasteiger partial charge in [0.25, 0.3) is 5.91 Å². The topological polar surface area (TPSA) is 63.5 Å². The highest BCUT2D eigenvalue weighted by molar-refractivity contribution is 5.92. The van der Waals surface area contributed by atoms with E-state index in [0.717, 1.165) is 13.1 Å². The molecular formula is C17H21N5O2. The van der Waals surface area contributed by atoms with E-state index in [9.17, 15) is 4.79 Å². The van der Waals surface area contributed by atoms with Crippen molar-refractivity contribution in [2.75, 3.05) is 26.2 Å². The first kappa shape index (κ1) is 15.3. The molecule has 7 heteroatoms. The number of hydrogen-bond acceptors (Lipinski definition) is 5. The standard InChI is InChI=1S/C17H21N5O2/c1-20-9-14(19-12-20)17(23)22-10-15-16(11-22)24-6-5-21(15)8-13-3-2-4-18-7-13/h2-4,7,9,12,15-16H,5-6,8,10-11H2,1H3/t15-,16-/m0/s1. The van der Waals surface area contributed by atoms with Crippen molar-refractivity contribution in [3.05, 3.63) is 48.3 Å². The third-order valence-electron chi connectivity index (χ3n) is 4.74. The van der Waals surface area contributed by atoms with E-state index in [2.05, 4.69) is 20.9 Å². The number of ether oxygens (including phenoxy) is 1. The lowest BCUT2D eigenvalue weighted by molar-refractivity contribution is -0.0503. The second-order valence-corrected chi connectivity index (χ2v) is 6.44. The number of hydrogen-bond donors (Lipinski definition) is 0. The summed E-state index contributed by atoms with van der Waals surface area (Å²) in [6.07, 6.45) is 7.17. The van der Waals surface area contributed by atoms with E-state index in [-0.39, 0.29) is 18.1 Å². The normalized spacial score (nSPS) is 24.1. The lowest BCUT2D eigenvalue weighted by Crippen LogP contribution is -2.50. The molecular weight excluding hydrogens is 306 g/mol. The van der Waals surface area contributed by atoms with Crippen LogP contribution < -0.4 is 0 Å². The van der Waals surface area contributed by atoms with Gasteiger partial charge in [-0.25, -0.2) is 4.98 Å². The van der Waals surface area contributed by atoms with Gasteiger partial charge in [0.2, 0.25) is 0 Å². The fourth-order valence-corrected chi connectivity index (χ4v) is 3.53. The van der Waals surface area contributed by atoms with Crippen molar-refractivity contribution in [3.8, 4) is 0 Å². The Morgan fingerprint density at radius 2 is 2.33 bits per heavy atom. The summed E-state index contributed by atoms with van der Waals surface area (Å²) >= 11 is 0. The van der Waals surface area contributed by atoms with Crippen molar-refractivity contribution in [2.24, 2.45) is 7.05 Å². The molecule has 24 heavy (non-hydrogen) atoms. The van der Waals surface area contributed by atoms with E-state index < -0.39 is 0 Å². The summed E-state index contributed by atoms with van der Waals surface area (Å²) in [4.78, 5) is 25.3. The van der Waals surface area contributed by atoms with Crippen LogP contribution in [0.1, 0.15) is 16.1 Å². The number of rotatable bonds is 3. The number of aryl methyl sites for hydroxylation is 1. The van der Waals surface area contributed by atoms with Crippen LogP contribution in [0.25, 0.3) is 0 Å². The molecule has 126 valence electrons. The first-order chi connectivity index (χ1) is 11.7. The zero-order chi connectivity index (χ0) is 16.5. The average Bonchev–Trinajstić information content (AvgIpc) is 3.22. The predicted octanol–water partition coefficient (Wildman–Crippen LogP) is 0.540. The zero-order valence-electron chi connectivity index (χ0n) is 13.7. The van der Waals surface area contributed by atoms with Crippen LogP contribution in [0.4, 0.5) is 0 Å². The van der Waals surface area contributed by atoms with Gasteiger partial charge in [-0.05, 0) is 11.6 Å². The van der Waals surface area contributed by atoms with E-state index in [1.807, 2.05) is 24.2 Å². The van der Waals surface area contributed by atoms with Gasteiger partial charge in [-0.1, -0.05) is 6.07 Å². The van der Waals surface area contributed by atoms with Gasteiger partial charge in [0, 0.05) is 51.8 Å². The first-order valence-electron chi connectivity index (χ1n) is 8.22.